The molecule has 0 atom stereocenters. The van der Waals surface area contributed by atoms with Crippen molar-refractivity contribution in [1.82, 2.24) is 20.0 Å². The maximum atomic E-state index is 13.0. The minimum Gasteiger partial charge on any atom is -0.351 e. The molecular weight excluding hydrogens is 380 g/mol. The van der Waals surface area contributed by atoms with Crippen molar-refractivity contribution in [3.63, 3.8) is 0 Å². The monoisotopic (exact) mass is 410 g/mol. The molecule has 2 aromatic heterocycles. The average molecular weight is 411 g/mol. The highest BCUT2D eigenvalue weighted by Crippen LogP contribution is 2.27. The summed E-state index contributed by atoms with van der Waals surface area (Å²) in [7, 11) is 0. The van der Waals surface area contributed by atoms with Crippen LogP contribution in [0.15, 0.2) is 54.0 Å². The number of amides is 1. The Morgan fingerprint density at radius 1 is 1.10 bits per heavy atom. The SMILES string of the molecule is CC(C)N(CCNC(=O)c1cn(Cc2ccccc2)nc1-c1cccs1)C(C)C. The van der Waals surface area contributed by atoms with Gasteiger partial charge in [0.05, 0.1) is 17.0 Å². The molecule has 29 heavy (non-hydrogen) atoms. The van der Waals surface area contributed by atoms with E-state index in [1.165, 1.54) is 0 Å². The van der Waals surface area contributed by atoms with Crippen molar-refractivity contribution in [2.45, 2.75) is 46.3 Å². The first kappa shape index (κ1) is 21.3. The number of aromatic nitrogens is 2. The highest BCUT2D eigenvalue weighted by Gasteiger charge is 2.19. The summed E-state index contributed by atoms with van der Waals surface area (Å²) in [5, 5.41) is 9.82. The molecule has 1 amide bonds. The highest BCUT2D eigenvalue weighted by molar-refractivity contribution is 7.13. The van der Waals surface area contributed by atoms with Crippen molar-refractivity contribution in [3.05, 3.63) is 65.2 Å². The van der Waals surface area contributed by atoms with E-state index in [1.807, 2.05) is 46.6 Å². The molecule has 154 valence electrons. The van der Waals surface area contributed by atoms with Crippen LogP contribution in [0, 0.1) is 0 Å². The van der Waals surface area contributed by atoms with Crippen LogP contribution < -0.4 is 5.32 Å². The molecule has 6 heteroatoms. The van der Waals surface area contributed by atoms with E-state index in [4.69, 9.17) is 5.10 Å². The lowest BCUT2D eigenvalue weighted by atomic mass is 10.2. The van der Waals surface area contributed by atoms with Crippen molar-refractivity contribution in [2.24, 2.45) is 0 Å². The number of carbonyl (C=O) groups excluding carboxylic acids is 1. The zero-order valence-corrected chi connectivity index (χ0v) is 18.4. The van der Waals surface area contributed by atoms with Gasteiger partial charge in [-0.25, -0.2) is 0 Å². The van der Waals surface area contributed by atoms with E-state index in [0.29, 0.717) is 30.7 Å². The molecule has 0 fully saturated rings. The Balaban J connectivity index is 1.75. The van der Waals surface area contributed by atoms with Gasteiger partial charge in [0.25, 0.3) is 5.91 Å². The van der Waals surface area contributed by atoms with E-state index in [1.54, 1.807) is 11.3 Å². The molecule has 1 N–H and O–H groups in total. The zero-order chi connectivity index (χ0) is 20.8. The summed E-state index contributed by atoms with van der Waals surface area (Å²) >= 11 is 1.60. The number of thiophene rings is 1. The third-order valence-corrected chi connectivity index (χ3v) is 5.81. The van der Waals surface area contributed by atoms with Crippen molar-refractivity contribution in [3.8, 4) is 10.6 Å². The standard InChI is InChI=1S/C23H30N4OS/c1-17(2)27(18(3)4)13-12-24-23(28)20-16-26(15-19-9-6-5-7-10-19)25-22(20)21-11-8-14-29-21/h5-11,14,16-18H,12-13,15H2,1-4H3,(H,24,28). The number of nitrogens with one attached hydrogen (secondary N) is 1. The van der Waals surface area contributed by atoms with Gasteiger partial charge in [-0.1, -0.05) is 36.4 Å². The average Bonchev–Trinajstić information content (AvgIpc) is 3.35. The topological polar surface area (TPSA) is 50.2 Å². The Bertz CT molecular complexity index is 892. The summed E-state index contributed by atoms with van der Waals surface area (Å²) in [5.41, 5.74) is 2.53. The number of carbonyl (C=O) groups is 1. The zero-order valence-electron chi connectivity index (χ0n) is 17.6. The van der Waals surface area contributed by atoms with Crippen molar-refractivity contribution in [2.75, 3.05) is 13.1 Å². The van der Waals surface area contributed by atoms with Crippen molar-refractivity contribution < 1.29 is 4.79 Å². The van der Waals surface area contributed by atoms with Gasteiger partial charge in [0, 0.05) is 31.4 Å². The summed E-state index contributed by atoms with van der Waals surface area (Å²) in [6.07, 6.45) is 1.86. The van der Waals surface area contributed by atoms with Gasteiger partial charge in [0.15, 0.2) is 0 Å². The first-order valence-corrected chi connectivity index (χ1v) is 11.0. The van der Waals surface area contributed by atoms with Crippen LogP contribution in [0.1, 0.15) is 43.6 Å². The van der Waals surface area contributed by atoms with Crippen molar-refractivity contribution >= 4 is 17.2 Å². The predicted octanol–water partition coefficient (Wildman–Crippen LogP) is 4.51. The van der Waals surface area contributed by atoms with Gasteiger partial charge in [-0.2, -0.15) is 5.10 Å². The van der Waals surface area contributed by atoms with E-state index in [9.17, 15) is 4.79 Å². The van der Waals surface area contributed by atoms with Gasteiger partial charge in [0.1, 0.15) is 5.69 Å². The third-order valence-electron chi connectivity index (χ3n) is 4.93. The molecule has 0 radical (unpaired) electrons. The molecule has 1 aromatic carbocycles. The number of benzene rings is 1. The Morgan fingerprint density at radius 2 is 1.83 bits per heavy atom. The van der Waals surface area contributed by atoms with Crippen LogP contribution in [0.5, 0.6) is 0 Å². The number of rotatable bonds is 9. The van der Waals surface area contributed by atoms with Crippen LogP contribution in [0.25, 0.3) is 10.6 Å². The Hall–Kier alpha value is -2.44. The summed E-state index contributed by atoms with van der Waals surface area (Å²) in [6, 6.07) is 15.1. The lowest BCUT2D eigenvalue weighted by Crippen LogP contribution is -2.42. The van der Waals surface area contributed by atoms with Crippen LogP contribution in [0.3, 0.4) is 0 Å². The van der Waals surface area contributed by atoms with E-state index in [2.05, 4.69) is 50.0 Å². The van der Waals surface area contributed by atoms with Gasteiger partial charge in [-0.05, 0) is 44.7 Å². The quantitative estimate of drug-likeness (QED) is 0.565. The van der Waals surface area contributed by atoms with E-state index in [0.717, 1.165) is 22.7 Å². The molecule has 0 saturated heterocycles. The molecule has 2 heterocycles. The number of hydrogen-bond acceptors (Lipinski definition) is 4. The molecule has 3 rings (SSSR count). The van der Waals surface area contributed by atoms with Crippen LogP contribution in [-0.2, 0) is 6.54 Å². The van der Waals surface area contributed by atoms with E-state index in [-0.39, 0.29) is 5.91 Å². The molecule has 0 aliphatic carbocycles. The lowest BCUT2D eigenvalue weighted by molar-refractivity contribution is 0.0940. The highest BCUT2D eigenvalue weighted by atomic mass is 32.1. The predicted molar refractivity (Wildman–Crippen MR) is 120 cm³/mol. The summed E-state index contributed by atoms with van der Waals surface area (Å²) < 4.78 is 1.85. The van der Waals surface area contributed by atoms with Crippen LogP contribution in [-0.4, -0.2) is 45.8 Å². The third kappa shape index (κ3) is 5.55. The Morgan fingerprint density at radius 3 is 2.45 bits per heavy atom. The van der Waals surface area contributed by atoms with Gasteiger partial charge in [0.2, 0.25) is 0 Å². The molecule has 0 unspecified atom stereocenters. The van der Waals surface area contributed by atoms with Crippen LogP contribution >= 0.6 is 11.3 Å². The van der Waals surface area contributed by atoms with Gasteiger partial charge in [-0.3, -0.25) is 14.4 Å². The number of nitrogens with zero attached hydrogens (tertiary/aromatic N) is 3. The molecular formula is C23H30N4OS. The first-order chi connectivity index (χ1) is 14.0. The van der Waals surface area contributed by atoms with E-state index < -0.39 is 0 Å². The molecule has 0 aliphatic rings. The minimum absolute atomic E-state index is 0.0693. The molecule has 0 spiro atoms. The van der Waals surface area contributed by atoms with Crippen molar-refractivity contribution in [1.29, 1.82) is 0 Å². The van der Waals surface area contributed by atoms with Gasteiger partial charge >= 0.3 is 0 Å². The van der Waals surface area contributed by atoms with Gasteiger partial charge < -0.3 is 5.32 Å². The molecule has 0 aliphatic heterocycles. The lowest BCUT2D eigenvalue weighted by Gasteiger charge is -2.30. The normalized spacial score (nSPS) is 11.6. The van der Waals surface area contributed by atoms with E-state index >= 15 is 0 Å². The largest absolute Gasteiger partial charge is 0.351 e. The maximum Gasteiger partial charge on any atom is 0.255 e. The van der Waals surface area contributed by atoms with Crippen LogP contribution in [0.4, 0.5) is 0 Å². The summed E-state index contributed by atoms with van der Waals surface area (Å²) in [4.78, 5) is 16.4. The summed E-state index contributed by atoms with van der Waals surface area (Å²) in [5.74, 6) is -0.0693. The Kier molecular flexibility index (Phi) is 7.23. The second-order valence-corrected chi connectivity index (χ2v) is 8.68. The Labute approximate surface area is 177 Å². The fraction of sp³-hybridized carbons (Fsp3) is 0.391. The smallest absolute Gasteiger partial charge is 0.255 e. The molecule has 5 nitrogen and oxygen atoms in total. The first-order valence-electron chi connectivity index (χ1n) is 10.1. The maximum absolute atomic E-state index is 13.0. The molecule has 0 saturated carbocycles. The second kappa shape index (κ2) is 9.85. The second-order valence-electron chi connectivity index (χ2n) is 7.73. The minimum atomic E-state index is -0.0693. The summed E-state index contributed by atoms with van der Waals surface area (Å²) in [6.45, 7) is 10.8. The van der Waals surface area contributed by atoms with Crippen LogP contribution in [0.2, 0.25) is 0 Å². The molecule has 3 aromatic rings. The fourth-order valence-corrected chi connectivity index (χ4v) is 4.26. The van der Waals surface area contributed by atoms with Gasteiger partial charge in [-0.15, -0.1) is 11.3 Å². The molecule has 0 bridgehead atoms. The number of hydrogen-bond donors (Lipinski definition) is 1. The fourth-order valence-electron chi connectivity index (χ4n) is 3.54.